The lowest BCUT2D eigenvalue weighted by atomic mass is 9.91. The molecule has 34 heavy (non-hydrogen) atoms. The third-order valence-electron chi connectivity index (χ3n) is 7.32. The summed E-state index contributed by atoms with van der Waals surface area (Å²) in [6.45, 7) is 2.38. The highest BCUT2D eigenvalue weighted by atomic mass is 19.1. The smallest absolute Gasteiger partial charge is 0.271 e. The summed E-state index contributed by atoms with van der Waals surface area (Å²) in [6.07, 6.45) is 5.32. The van der Waals surface area contributed by atoms with E-state index in [4.69, 9.17) is 4.74 Å². The van der Waals surface area contributed by atoms with Gasteiger partial charge < -0.3 is 19.5 Å². The van der Waals surface area contributed by atoms with Crippen molar-refractivity contribution in [3.8, 4) is 5.75 Å². The van der Waals surface area contributed by atoms with Crippen molar-refractivity contribution >= 4 is 22.7 Å². The predicted molar refractivity (Wildman–Crippen MR) is 128 cm³/mol. The number of hydrogen-bond donors (Lipinski definition) is 1. The van der Waals surface area contributed by atoms with E-state index in [1.54, 1.807) is 24.1 Å². The van der Waals surface area contributed by atoms with Gasteiger partial charge in [-0.3, -0.25) is 9.59 Å². The zero-order valence-electron chi connectivity index (χ0n) is 19.6. The molecule has 1 fully saturated rings. The second-order valence-corrected chi connectivity index (χ2v) is 9.64. The summed E-state index contributed by atoms with van der Waals surface area (Å²) in [5.41, 5.74) is 1.07. The minimum atomic E-state index is -1.11. The zero-order chi connectivity index (χ0) is 23.9. The third-order valence-corrected chi connectivity index (χ3v) is 7.32. The van der Waals surface area contributed by atoms with Gasteiger partial charge in [-0.05, 0) is 55.7 Å². The molecule has 5 rings (SSSR count). The van der Waals surface area contributed by atoms with Crippen molar-refractivity contribution in [2.45, 2.75) is 63.7 Å². The van der Waals surface area contributed by atoms with Gasteiger partial charge in [0, 0.05) is 24.0 Å². The third kappa shape index (κ3) is 3.93. The molecule has 0 saturated heterocycles. The number of hydrogen-bond acceptors (Lipinski definition) is 3. The first-order valence-corrected chi connectivity index (χ1v) is 11.9. The molecule has 0 bridgehead atoms. The van der Waals surface area contributed by atoms with E-state index in [0.29, 0.717) is 18.0 Å². The Kier molecular flexibility index (Phi) is 5.80. The molecular formula is C27H30FN3O3. The number of nitrogens with one attached hydrogen (secondary N) is 1. The maximum absolute atomic E-state index is 13.8. The number of benzene rings is 2. The lowest BCUT2D eigenvalue weighted by molar-refractivity contribution is -0.134. The molecule has 1 saturated carbocycles. The van der Waals surface area contributed by atoms with E-state index in [0.717, 1.165) is 42.1 Å². The average Bonchev–Trinajstić information content (AvgIpc) is 3.21. The second kappa shape index (κ2) is 8.78. The lowest BCUT2D eigenvalue weighted by Crippen LogP contribution is -2.64. The molecule has 2 aliphatic rings. The van der Waals surface area contributed by atoms with Crippen LogP contribution in [0.15, 0.2) is 48.5 Å². The first kappa shape index (κ1) is 22.4. The highest BCUT2D eigenvalue weighted by Gasteiger charge is 2.48. The number of rotatable bonds is 5. The number of ether oxygens (including phenoxy) is 1. The van der Waals surface area contributed by atoms with Crippen LogP contribution < -0.4 is 10.1 Å². The molecule has 3 aromatic rings. The van der Waals surface area contributed by atoms with Gasteiger partial charge >= 0.3 is 0 Å². The fourth-order valence-electron chi connectivity index (χ4n) is 5.27. The van der Waals surface area contributed by atoms with Crippen LogP contribution >= 0.6 is 0 Å². The van der Waals surface area contributed by atoms with E-state index >= 15 is 0 Å². The molecule has 1 aliphatic heterocycles. The van der Waals surface area contributed by atoms with E-state index in [1.807, 2.05) is 35.8 Å². The van der Waals surface area contributed by atoms with Crippen LogP contribution in [0.4, 0.5) is 4.39 Å². The van der Waals surface area contributed by atoms with Crippen LogP contribution in [0.5, 0.6) is 5.75 Å². The number of carbonyl (C=O) groups excluding carboxylic acids is 2. The molecule has 0 unspecified atom stereocenters. The number of nitrogens with zero attached hydrogens (tertiary/aromatic N) is 2. The molecule has 0 radical (unpaired) electrons. The van der Waals surface area contributed by atoms with Gasteiger partial charge in [0.25, 0.3) is 5.91 Å². The Labute approximate surface area is 198 Å². The summed E-state index contributed by atoms with van der Waals surface area (Å²) < 4.78 is 20.8. The van der Waals surface area contributed by atoms with Gasteiger partial charge in [0.1, 0.15) is 22.8 Å². The molecule has 6 nitrogen and oxygen atoms in total. The number of carbonyl (C=O) groups is 2. The highest BCUT2D eigenvalue weighted by molar-refractivity contribution is 6.03. The van der Waals surface area contributed by atoms with E-state index in [9.17, 15) is 14.0 Å². The maximum Gasteiger partial charge on any atom is 0.271 e. The zero-order valence-corrected chi connectivity index (χ0v) is 19.6. The molecule has 1 aliphatic carbocycles. The fraction of sp³-hybridized carbons (Fsp3) is 0.407. The van der Waals surface area contributed by atoms with E-state index in [1.165, 1.54) is 18.6 Å². The number of methoxy groups -OCH3 is 1. The molecule has 1 aromatic heterocycles. The van der Waals surface area contributed by atoms with Gasteiger partial charge in [0.15, 0.2) is 0 Å². The van der Waals surface area contributed by atoms with Gasteiger partial charge in [0.2, 0.25) is 5.91 Å². The number of amides is 2. The van der Waals surface area contributed by atoms with E-state index in [-0.39, 0.29) is 30.2 Å². The number of fused-ring (bicyclic) bond motifs is 3. The normalized spacial score (nSPS) is 20.9. The highest BCUT2D eigenvalue weighted by Crippen LogP contribution is 2.35. The van der Waals surface area contributed by atoms with Crippen LogP contribution in [0.25, 0.3) is 10.9 Å². The fourth-order valence-corrected chi connectivity index (χ4v) is 5.27. The van der Waals surface area contributed by atoms with Gasteiger partial charge in [-0.15, -0.1) is 0 Å². The van der Waals surface area contributed by atoms with Gasteiger partial charge in [0.05, 0.1) is 19.2 Å². The Balaban J connectivity index is 1.56. The number of halogens is 1. The molecular weight excluding hydrogens is 433 g/mol. The molecule has 7 heteroatoms. The Morgan fingerprint density at radius 1 is 1.12 bits per heavy atom. The summed E-state index contributed by atoms with van der Waals surface area (Å²) in [4.78, 5) is 29.3. The molecule has 2 aromatic carbocycles. The Hall–Kier alpha value is -3.35. The summed E-state index contributed by atoms with van der Waals surface area (Å²) >= 11 is 0. The summed E-state index contributed by atoms with van der Waals surface area (Å²) in [5.74, 6) is 0.000780. The van der Waals surface area contributed by atoms with Crippen LogP contribution in [-0.2, 0) is 17.9 Å². The van der Waals surface area contributed by atoms with Gasteiger partial charge in [-0.25, -0.2) is 4.39 Å². The van der Waals surface area contributed by atoms with Crippen molar-refractivity contribution in [1.82, 2.24) is 14.8 Å². The SMILES string of the molecule is COc1ccc2cc3n(c2c1)C[C@](C)(C(=O)NC1CCCCC1)N(Cc1ccc(F)cc1)C3=O. The van der Waals surface area contributed by atoms with Crippen LogP contribution in [0.3, 0.4) is 0 Å². The predicted octanol–water partition coefficient (Wildman–Crippen LogP) is 4.65. The van der Waals surface area contributed by atoms with Gasteiger partial charge in [-0.2, -0.15) is 0 Å². The van der Waals surface area contributed by atoms with E-state index < -0.39 is 5.54 Å². The largest absolute Gasteiger partial charge is 0.497 e. The average molecular weight is 464 g/mol. The monoisotopic (exact) mass is 463 g/mol. The van der Waals surface area contributed by atoms with Crippen molar-refractivity contribution in [1.29, 1.82) is 0 Å². The standard InChI is InChI=1S/C27H30FN3O3/c1-27(26(33)29-21-6-4-3-5-7-21)17-30-23-15-22(34-2)13-10-19(23)14-24(30)25(32)31(27)16-18-8-11-20(28)12-9-18/h8-15,21H,3-7,16-17H2,1-2H3,(H,29,33)/t27-/m1/s1. The molecule has 2 heterocycles. The minimum Gasteiger partial charge on any atom is -0.497 e. The van der Waals surface area contributed by atoms with Crippen LogP contribution in [-0.4, -0.2) is 40.0 Å². The van der Waals surface area contributed by atoms with Crippen molar-refractivity contribution in [3.63, 3.8) is 0 Å². The number of aromatic nitrogens is 1. The lowest BCUT2D eigenvalue weighted by Gasteiger charge is -2.45. The van der Waals surface area contributed by atoms with Crippen molar-refractivity contribution in [3.05, 3.63) is 65.6 Å². The van der Waals surface area contributed by atoms with Crippen LogP contribution in [0.2, 0.25) is 0 Å². The Morgan fingerprint density at radius 2 is 1.85 bits per heavy atom. The minimum absolute atomic E-state index is 0.128. The van der Waals surface area contributed by atoms with E-state index in [2.05, 4.69) is 5.32 Å². The molecule has 1 atom stereocenters. The molecule has 1 N–H and O–H groups in total. The topological polar surface area (TPSA) is 63.6 Å². The quantitative estimate of drug-likeness (QED) is 0.599. The van der Waals surface area contributed by atoms with Crippen LogP contribution in [0, 0.1) is 5.82 Å². The summed E-state index contributed by atoms with van der Waals surface area (Å²) in [7, 11) is 1.61. The summed E-state index contributed by atoms with van der Waals surface area (Å²) in [6, 6.07) is 13.8. The Bertz CT molecular complexity index is 1230. The maximum atomic E-state index is 13.8. The Morgan fingerprint density at radius 3 is 2.56 bits per heavy atom. The molecule has 0 spiro atoms. The van der Waals surface area contributed by atoms with Crippen molar-refractivity contribution in [2.75, 3.05) is 7.11 Å². The second-order valence-electron chi connectivity index (χ2n) is 9.64. The molecule has 178 valence electrons. The van der Waals surface area contributed by atoms with Crippen molar-refractivity contribution in [2.24, 2.45) is 0 Å². The first-order chi connectivity index (χ1) is 16.4. The first-order valence-electron chi connectivity index (χ1n) is 11.9. The van der Waals surface area contributed by atoms with Crippen LogP contribution in [0.1, 0.15) is 55.1 Å². The molecule has 2 amide bonds. The summed E-state index contributed by atoms with van der Waals surface area (Å²) in [5, 5.41) is 4.16. The van der Waals surface area contributed by atoms with Crippen molar-refractivity contribution < 1.29 is 18.7 Å². The van der Waals surface area contributed by atoms with Gasteiger partial charge in [-0.1, -0.05) is 31.4 Å².